The van der Waals surface area contributed by atoms with E-state index in [9.17, 15) is 8.42 Å². The number of nitrogens with zero attached hydrogens (tertiary/aromatic N) is 3. The fourth-order valence-corrected chi connectivity index (χ4v) is 5.71. The summed E-state index contributed by atoms with van der Waals surface area (Å²) in [5.41, 5.74) is 5.40. The maximum atomic E-state index is 12.8. The lowest BCUT2D eigenvalue weighted by Crippen LogP contribution is -2.40. The number of ether oxygens (including phenoxy) is 2. The van der Waals surface area contributed by atoms with Crippen molar-refractivity contribution >= 4 is 32.7 Å². The van der Waals surface area contributed by atoms with E-state index in [0.29, 0.717) is 31.4 Å². The van der Waals surface area contributed by atoms with Gasteiger partial charge in [0.05, 0.1) is 30.0 Å². The summed E-state index contributed by atoms with van der Waals surface area (Å²) in [6, 6.07) is 24.0. The topological polar surface area (TPSA) is 93.1 Å². The number of anilines is 1. The molecule has 8 nitrogen and oxygen atoms in total. The van der Waals surface area contributed by atoms with E-state index in [2.05, 4.69) is 15.5 Å². The fourth-order valence-electron chi connectivity index (χ4n) is 3.64. The number of thiazole rings is 1. The maximum absolute atomic E-state index is 12.8. The van der Waals surface area contributed by atoms with E-state index in [1.54, 1.807) is 30.5 Å². The van der Waals surface area contributed by atoms with Crippen LogP contribution in [0, 0.1) is 0 Å². The van der Waals surface area contributed by atoms with Gasteiger partial charge in [-0.2, -0.15) is 9.41 Å². The van der Waals surface area contributed by atoms with Gasteiger partial charge in [-0.25, -0.2) is 13.4 Å². The van der Waals surface area contributed by atoms with Crippen LogP contribution < -0.4 is 10.2 Å². The molecule has 1 aliphatic rings. The second kappa shape index (κ2) is 11.0. The van der Waals surface area contributed by atoms with E-state index < -0.39 is 10.0 Å². The molecule has 0 spiro atoms. The molecule has 0 radical (unpaired) electrons. The summed E-state index contributed by atoms with van der Waals surface area (Å²) >= 11 is 1.42. The van der Waals surface area contributed by atoms with Crippen LogP contribution in [0.3, 0.4) is 0 Å². The Balaban J connectivity index is 1.21. The molecular weight excluding hydrogens is 496 g/mol. The summed E-state index contributed by atoms with van der Waals surface area (Å²) < 4.78 is 38.2. The van der Waals surface area contributed by atoms with Crippen LogP contribution in [0.5, 0.6) is 11.5 Å². The maximum Gasteiger partial charge on any atom is 0.243 e. The number of hydrogen-bond acceptors (Lipinski definition) is 8. The van der Waals surface area contributed by atoms with Crippen LogP contribution in [0.2, 0.25) is 0 Å². The number of aromatic nitrogens is 1. The molecule has 0 aliphatic carbocycles. The number of morpholine rings is 1. The van der Waals surface area contributed by atoms with E-state index in [-0.39, 0.29) is 4.90 Å². The molecule has 1 aliphatic heterocycles. The highest BCUT2D eigenvalue weighted by molar-refractivity contribution is 7.89. The minimum atomic E-state index is -3.52. The Bertz CT molecular complexity index is 1430. The van der Waals surface area contributed by atoms with E-state index in [0.717, 1.165) is 28.3 Å². The Morgan fingerprint density at radius 1 is 0.972 bits per heavy atom. The molecule has 4 aromatic rings. The molecule has 2 heterocycles. The lowest BCUT2D eigenvalue weighted by molar-refractivity contribution is 0.0730. The summed E-state index contributed by atoms with van der Waals surface area (Å²) in [5, 5.41) is 6.82. The molecular formula is C26H24N4O4S2. The van der Waals surface area contributed by atoms with Gasteiger partial charge in [0.25, 0.3) is 0 Å². The molecule has 1 saturated heterocycles. The molecule has 1 N–H and O–H groups in total. The number of nitrogens with one attached hydrogen (secondary N) is 1. The van der Waals surface area contributed by atoms with Crippen LogP contribution in [0.1, 0.15) is 5.56 Å². The van der Waals surface area contributed by atoms with Crippen LogP contribution >= 0.6 is 11.3 Å². The molecule has 36 heavy (non-hydrogen) atoms. The monoisotopic (exact) mass is 520 g/mol. The Hall–Kier alpha value is -3.57. The third-order valence-electron chi connectivity index (χ3n) is 5.47. The van der Waals surface area contributed by atoms with Crippen molar-refractivity contribution in [3.05, 3.63) is 89.8 Å². The second-order valence-electron chi connectivity index (χ2n) is 7.94. The lowest BCUT2D eigenvalue weighted by atomic mass is 10.2. The fraction of sp³-hybridized carbons (Fsp3) is 0.154. The number of hydrazone groups is 1. The predicted octanol–water partition coefficient (Wildman–Crippen LogP) is 5.07. The number of sulfonamides is 1. The van der Waals surface area contributed by atoms with Crippen LogP contribution in [0.15, 0.2) is 94.2 Å². The van der Waals surface area contributed by atoms with Gasteiger partial charge in [-0.3, -0.25) is 5.43 Å². The Morgan fingerprint density at radius 2 is 1.72 bits per heavy atom. The minimum absolute atomic E-state index is 0.268. The van der Waals surface area contributed by atoms with Gasteiger partial charge in [-0.15, -0.1) is 11.3 Å². The highest BCUT2D eigenvalue weighted by Gasteiger charge is 2.26. The molecule has 0 unspecified atom stereocenters. The van der Waals surface area contributed by atoms with E-state index in [4.69, 9.17) is 9.47 Å². The first-order valence-corrected chi connectivity index (χ1v) is 13.7. The molecule has 1 aromatic heterocycles. The van der Waals surface area contributed by atoms with Crippen molar-refractivity contribution in [2.45, 2.75) is 4.90 Å². The van der Waals surface area contributed by atoms with Gasteiger partial charge in [-0.05, 0) is 42.0 Å². The quantitative estimate of drug-likeness (QED) is 0.258. The normalized spacial score (nSPS) is 14.7. The predicted molar refractivity (Wildman–Crippen MR) is 141 cm³/mol. The van der Waals surface area contributed by atoms with Gasteiger partial charge >= 0.3 is 0 Å². The standard InChI is InChI=1S/C26H24N4O4S2/c31-36(32,30-13-15-33-16-14-30)24-11-9-21(10-12-24)25-19-35-26(28-25)29-27-18-20-5-4-8-23(17-20)34-22-6-2-1-3-7-22/h1-12,17-19H,13-16H2,(H,28,29). The molecule has 10 heteroatoms. The number of rotatable bonds is 8. The zero-order valence-corrected chi connectivity index (χ0v) is 20.9. The van der Waals surface area contributed by atoms with Gasteiger partial charge in [-0.1, -0.05) is 42.5 Å². The van der Waals surface area contributed by atoms with Crippen molar-refractivity contribution in [1.82, 2.24) is 9.29 Å². The molecule has 0 bridgehead atoms. The summed E-state index contributed by atoms with van der Waals surface area (Å²) in [7, 11) is -3.52. The van der Waals surface area contributed by atoms with E-state index in [1.165, 1.54) is 15.6 Å². The summed E-state index contributed by atoms with van der Waals surface area (Å²) in [5.74, 6) is 1.49. The van der Waals surface area contributed by atoms with Crippen molar-refractivity contribution in [2.75, 3.05) is 31.7 Å². The average molecular weight is 521 g/mol. The SMILES string of the molecule is O=S(=O)(c1ccc(-c2csc(NN=Cc3cccc(Oc4ccccc4)c3)n2)cc1)N1CCOCC1. The highest BCUT2D eigenvalue weighted by atomic mass is 32.2. The smallest absolute Gasteiger partial charge is 0.243 e. The number of benzene rings is 3. The first kappa shape index (κ1) is 24.1. The van der Waals surface area contributed by atoms with Crippen LogP contribution in [0.25, 0.3) is 11.3 Å². The van der Waals surface area contributed by atoms with Crippen molar-refractivity contribution in [3.8, 4) is 22.8 Å². The minimum Gasteiger partial charge on any atom is -0.457 e. The Morgan fingerprint density at radius 3 is 2.50 bits per heavy atom. The van der Waals surface area contributed by atoms with Gasteiger partial charge in [0.2, 0.25) is 15.2 Å². The van der Waals surface area contributed by atoms with Gasteiger partial charge in [0, 0.05) is 24.0 Å². The van der Waals surface area contributed by atoms with Gasteiger partial charge in [0.15, 0.2) is 0 Å². The first-order chi connectivity index (χ1) is 17.6. The lowest BCUT2D eigenvalue weighted by Gasteiger charge is -2.26. The number of para-hydroxylation sites is 1. The van der Waals surface area contributed by atoms with Crippen molar-refractivity contribution in [2.24, 2.45) is 5.10 Å². The Labute approximate surface area is 213 Å². The average Bonchev–Trinajstić information content (AvgIpc) is 3.39. The largest absolute Gasteiger partial charge is 0.457 e. The van der Waals surface area contributed by atoms with Crippen LogP contribution in [-0.2, 0) is 14.8 Å². The summed E-state index contributed by atoms with van der Waals surface area (Å²) in [4.78, 5) is 4.83. The van der Waals surface area contributed by atoms with Gasteiger partial charge in [0.1, 0.15) is 11.5 Å². The van der Waals surface area contributed by atoms with Crippen LogP contribution in [-0.4, -0.2) is 50.2 Å². The number of hydrogen-bond donors (Lipinski definition) is 1. The summed E-state index contributed by atoms with van der Waals surface area (Å²) in [6.45, 7) is 1.58. The molecule has 0 atom stereocenters. The van der Waals surface area contributed by atoms with Gasteiger partial charge < -0.3 is 9.47 Å². The second-order valence-corrected chi connectivity index (χ2v) is 10.7. The molecule has 0 saturated carbocycles. The zero-order valence-electron chi connectivity index (χ0n) is 19.3. The van der Waals surface area contributed by atoms with E-state index in [1.807, 2.05) is 60.0 Å². The molecule has 0 amide bonds. The third kappa shape index (κ3) is 5.80. The van der Waals surface area contributed by atoms with Crippen molar-refractivity contribution in [3.63, 3.8) is 0 Å². The molecule has 184 valence electrons. The highest BCUT2D eigenvalue weighted by Crippen LogP contribution is 2.27. The Kier molecular flexibility index (Phi) is 7.38. The molecule has 5 rings (SSSR count). The molecule has 3 aromatic carbocycles. The third-order valence-corrected chi connectivity index (χ3v) is 8.13. The molecule has 1 fully saturated rings. The summed E-state index contributed by atoms with van der Waals surface area (Å²) in [6.07, 6.45) is 1.70. The zero-order chi connectivity index (χ0) is 24.8. The van der Waals surface area contributed by atoms with Crippen LogP contribution in [0.4, 0.5) is 5.13 Å². The first-order valence-electron chi connectivity index (χ1n) is 11.3. The van der Waals surface area contributed by atoms with Crippen molar-refractivity contribution in [1.29, 1.82) is 0 Å². The van der Waals surface area contributed by atoms with E-state index >= 15 is 0 Å². The van der Waals surface area contributed by atoms with Crippen molar-refractivity contribution < 1.29 is 17.9 Å².